The molecule has 0 N–H and O–H groups in total. The normalized spacial score (nSPS) is 18.2. The van der Waals surface area contributed by atoms with Crippen LogP contribution in [0, 0.1) is 6.92 Å². The molecule has 26 heavy (non-hydrogen) atoms. The molecule has 1 aliphatic rings. The van der Waals surface area contributed by atoms with Crippen LogP contribution in [0.1, 0.15) is 50.6 Å². The first-order valence-corrected chi connectivity index (χ1v) is 8.43. The molecule has 0 radical (unpaired) electrons. The number of pyridine rings is 1. The molecule has 0 saturated carbocycles. The first kappa shape index (κ1) is 18.5. The Kier molecular flexibility index (Phi) is 4.20. The van der Waals surface area contributed by atoms with Crippen molar-refractivity contribution in [2.75, 3.05) is 6.54 Å². The molecule has 2 aromatic rings. The standard InChI is InChI=1S/C18H22F3N3O2/c1-10-8-23(16(25)26-17(3,4)5)9-14-11(2)13-6-12(18(19,20)21)7-22-15(13)24(10)14/h6-7,10H,8-9H2,1-5H3/t10-/m1/s1. The molecule has 0 fully saturated rings. The van der Waals surface area contributed by atoms with Crippen LogP contribution in [0.3, 0.4) is 0 Å². The molecule has 142 valence electrons. The van der Waals surface area contributed by atoms with E-state index in [1.54, 1.807) is 32.6 Å². The van der Waals surface area contributed by atoms with E-state index in [0.717, 1.165) is 18.0 Å². The van der Waals surface area contributed by atoms with Crippen LogP contribution >= 0.6 is 0 Å². The Labute approximate surface area is 149 Å². The quantitative estimate of drug-likeness (QED) is 0.678. The van der Waals surface area contributed by atoms with E-state index in [0.29, 0.717) is 23.1 Å². The lowest BCUT2D eigenvalue weighted by molar-refractivity contribution is -0.137. The predicted octanol–water partition coefficient (Wildman–Crippen LogP) is 4.68. The number of alkyl halides is 3. The lowest BCUT2D eigenvalue weighted by Gasteiger charge is -2.35. The maximum Gasteiger partial charge on any atom is 0.417 e. The molecule has 0 aromatic carbocycles. The number of hydrogen-bond donors (Lipinski definition) is 0. The van der Waals surface area contributed by atoms with Crippen LogP contribution < -0.4 is 0 Å². The van der Waals surface area contributed by atoms with Crippen molar-refractivity contribution in [1.82, 2.24) is 14.5 Å². The van der Waals surface area contributed by atoms with Gasteiger partial charge in [0.15, 0.2) is 0 Å². The number of aryl methyl sites for hydroxylation is 1. The highest BCUT2D eigenvalue weighted by atomic mass is 19.4. The van der Waals surface area contributed by atoms with Crippen molar-refractivity contribution in [1.29, 1.82) is 0 Å². The van der Waals surface area contributed by atoms with Gasteiger partial charge in [-0.1, -0.05) is 0 Å². The van der Waals surface area contributed by atoms with Gasteiger partial charge in [0.2, 0.25) is 0 Å². The largest absolute Gasteiger partial charge is 0.444 e. The summed E-state index contributed by atoms with van der Waals surface area (Å²) < 4.78 is 46.4. The molecule has 0 aliphatic carbocycles. The highest BCUT2D eigenvalue weighted by Gasteiger charge is 2.35. The van der Waals surface area contributed by atoms with Crippen molar-refractivity contribution < 1.29 is 22.7 Å². The first-order chi connectivity index (χ1) is 11.9. The summed E-state index contributed by atoms with van der Waals surface area (Å²) in [5.74, 6) is 0. The van der Waals surface area contributed by atoms with Crippen molar-refractivity contribution in [2.45, 2.75) is 59.0 Å². The summed E-state index contributed by atoms with van der Waals surface area (Å²) in [5, 5.41) is 0.465. The molecular formula is C18H22F3N3O2. The minimum Gasteiger partial charge on any atom is -0.444 e. The van der Waals surface area contributed by atoms with Gasteiger partial charge >= 0.3 is 12.3 Å². The van der Waals surface area contributed by atoms with Crippen LogP contribution in [0.25, 0.3) is 11.0 Å². The molecule has 1 aliphatic heterocycles. The Bertz CT molecular complexity index is 865. The van der Waals surface area contributed by atoms with E-state index in [2.05, 4.69) is 4.98 Å². The van der Waals surface area contributed by atoms with E-state index in [1.807, 2.05) is 11.5 Å². The van der Waals surface area contributed by atoms with Crippen molar-refractivity contribution >= 4 is 17.1 Å². The van der Waals surface area contributed by atoms with Gasteiger partial charge in [-0.05, 0) is 46.2 Å². The van der Waals surface area contributed by atoms with Crippen LogP contribution in [0.2, 0.25) is 0 Å². The molecular weight excluding hydrogens is 347 g/mol. The van der Waals surface area contributed by atoms with Gasteiger partial charge in [-0.25, -0.2) is 9.78 Å². The Morgan fingerprint density at radius 1 is 1.31 bits per heavy atom. The summed E-state index contributed by atoms with van der Waals surface area (Å²) >= 11 is 0. The lowest BCUT2D eigenvalue weighted by Crippen LogP contribution is -2.43. The molecule has 3 rings (SSSR count). The maximum absolute atomic E-state index is 13.0. The highest BCUT2D eigenvalue weighted by molar-refractivity contribution is 5.83. The van der Waals surface area contributed by atoms with E-state index >= 15 is 0 Å². The topological polar surface area (TPSA) is 47.4 Å². The Hall–Kier alpha value is -2.25. The number of carbonyl (C=O) groups excluding carboxylic acids is 1. The number of hydrogen-bond acceptors (Lipinski definition) is 3. The number of fused-ring (bicyclic) bond motifs is 3. The van der Waals surface area contributed by atoms with Crippen LogP contribution in [0.4, 0.5) is 18.0 Å². The number of aromatic nitrogens is 2. The Morgan fingerprint density at radius 3 is 2.54 bits per heavy atom. The van der Waals surface area contributed by atoms with E-state index in [1.165, 1.54) is 0 Å². The Balaban J connectivity index is 2.03. The molecule has 0 bridgehead atoms. The summed E-state index contributed by atoms with van der Waals surface area (Å²) in [6.07, 6.45) is -4.00. The van der Waals surface area contributed by atoms with Gasteiger partial charge in [0.05, 0.1) is 18.2 Å². The summed E-state index contributed by atoms with van der Waals surface area (Å²) in [6.45, 7) is 9.76. The first-order valence-electron chi connectivity index (χ1n) is 8.43. The number of halogens is 3. The zero-order valence-corrected chi connectivity index (χ0v) is 15.4. The molecule has 2 aromatic heterocycles. The molecule has 0 spiro atoms. The van der Waals surface area contributed by atoms with Gasteiger partial charge in [0.25, 0.3) is 0 Å². The lowest BCUT2D eigenvalue weighted by atomic mass is 10.1. The van der Waals surface area contributed by atoms with Gasteiger partial charge < -0.3 is 14.2 Å². The molecule has 0 unspecified atom stereocenters. The SMILES string of the molecule is Cc1c2n(c3ncc(C(F)(F)F)cc13)[C@H](C)CN(C(=O)OC(C)(C)C)C2. The second-order valence-electron chi connectivity index (χ2n) is 7.74. The number of ether oxygens (including phenoxy) is 1. The average molecular weight is 369 g/mol. The van der Waals surface area contributed by atoms with Gasteiger partial charge in [-0.15, -0.1) is 0 Å². The zero-order valence-electron chi connectivity index (χ0n) is 15.4. The Morgan fingerprint density at radius 2 is 1.96 bits per heavy atom. The second kappa shape index (κ2) is 5.89. The molecule has 1 amide bonds. The number of nitrogens with zero attached hydrogens (tertiary/aromatic N) is 3. The maximum atomic E-state index is 13.0. The summed E-state index contributed by atoms with van der Waals surface area (Å²) in [5.41, 5.74) is 0.632. The monoisotopic (exact) mass is 369 g/mol. The average Bonchev–Trinajstić information content (AvgIpc) is 2.78. The van der Waals surface area contributed by atoms with E-state index in [9.17, 15) is 18.0 Å². The third-order valence-electron chi connectivity index (χ3n) is 4.47. The van der Waals surface area contributed by atoms with Crippen LogP contribution in [-0.2, 0) is 17.5 Å². The third-order valence-corrected chi connectivity index (χ3v) is 4.47. The fourth-order valence-electron chi connectivity index (χ4n) is 3.33. The predicted molar refractivity (Wildman–Crippen MR) is 90.8 cm³/mol. The van der Waals surface area contributed by atoms with Crippen LogP contribution in [-0.4, -0.2) is 32.7 Å². The van der Waals surface area contributed by atoms with Gasteiger partial charge in [0, 0.05) is 23.8 Å². The molecule has 0 saturated heterocycles. The molecule has 5 nitrogen and oxygen atoms in total. The zero-order chi connectivity index (χ0) is 19.4. The highest BCUT2D eigenvalue weighted by Crippen LogP contribution is 2.36. The van der Waals surface area contributed by atoms with Crippen LogP contribution in [0.15, 0.2) is 12.3 Å². The van der Waals surface area contributed by atoms with Gasteiger partial charge in [0.1, 0.15) is 11.2 Å². The smallest absolute Gasteiger partial charge is 0.417 e. The fourth-order valence-corrected chi connectivity index (χ4v) is 3.33. The van der Waals surface area contributed by atoms with Crippen molar-refractivity contribution in [3.8, 4) is 0 Å². The van der Waals surface area contributed by atoms with E-state index in [-0.39, 0.29) is 12.6 Å². The van der Waals surface area contributed by atoms with Crippen molar-refractivity contribution in [2.24, 2.45) is 0 Å². The third kappa shape index (κ3) is 3.24. The summed E-state index contributed by atoms with van der Waals surface area (Å²) in [6, 6.07) is 1.01. The summed E-state index contributed by atoms with van der Waals surface area (Å²) in [7, 11) is 0. The molecule has 1 atom stereocenters. The van der Waals surface area contributed by atoms with Gasteiger partial charge in [-0.3, -0.25) is 0 Å². The van der Waals surface area contributed by atoms with Crippen LogP contribution in [0.5, 0.6) is 0 Å². The minimum absolute atomic E-state index is 0.119. The van der Waals surface area contributed by atoms with Gasteiger partial charge in [-0.2, -0.15) is 13.2 Å². The molecule has 8 heteroatoms. The second-order valence-corrected chi connectivity index (χ2v) is 7.74. The van der Waals surface area contributed by atoms with E-state index < -0.39 is 23.4 Å². The number of amides is 1. The minimum atomic E-state index is -4.44. The number of rotatable bonds is 0. The molecule has 3 heterocycles. The summed E-state index contributed by atoms with van der Waals surface area (Å²) in [4.78, 5) is 18.1. The van der Waals surface area contributed by atoms with E-state index in [4.69, 9.17) is 4.74 Å². The van der Waals surface area contributed by atoms with Crippen molar-refractivity contribution in [3.05, 3.63) is 29.1 Å². The number of carbonyl (C=O) groups is 1. The van der Waals surface area contributed by atoms with Crippen molar-refractivity contribution in [3.63, 3.8) is 0 Å². The fraction of sp³-hybridized carbons (Fsp3) is 0.556.